The Morgan fingerprint density at radius 3 is 1.29 bits per heavy atom. The van der Waals surface area contributed by atoms with Crippen molar-refractivity contribution in [3.8, 4) is 44.5 Å². The molecular weight excluding hydrogens is 396 g/mol. The molecule has 0 aliphatic rings. The molecule has 0 unspecified atom stereocenters. The van der Waals surface area contributed by atoms with E-state index in [1.54, 1.807) is 0 Å². The second-order valence-corrected chi connectivity index (χ2v) is 8.02. The van der Waals surface area contributed by atoms with Crippen LogP contribution in [0.3, 0.4) is 0 Å². The summed E-state index contributed by atoms with van der Waals surface area (Å²) in [5.41, 5.74) is 9.45. The van der Waals surface area contributed by atoms with Crippen LogP contribution in [0.1, 0.15) is 0 Å². The van der Waals surface area contributed by atoms with Crippen LogP contribution in [-0.4, -0.2) is 0 Å². The first-order valence-corrected chi connectivity index (χ1v) is 10.8. The zero-order valence-corrected chi connectivity index (χ0v) is 17.8. The summed E-state index contributed by atoms with van der Waals surface area (Å²) in [6.07, 6.45) is 0. The molecule has 5 aromatic rings. The maximum absolute atomic E-state index is 6.41. The van der Waals surface area contributed by atoms with Gasteiger partial charge in [0.25, 0.3) is 0 Å². The van der Waals surface area contributed by atoms with Crippen LogP contribution in [0.25, 0.3) is 44.5 Å². The highest BCUT2D eigenvalue weighted by Crippen LogP contribution is 2.38. The zero-order chi connectivity index (χ0) is 21.0. The van der Waals surface area contributed by atoms with Crippen molar-refractivity contribution in [2.24, 2.45) is 0 Å². The molecule has 0 saturated carbocycles. The minimum Gasteiger partial charge on any atom is -0.0843 e. The van der Waals surface area contributed by atoms with Crippen molar-refractivity contribution < 1.29 is 0 Å². The molecule has 31 heavy (non-hydrogen) atoms. The molecule has 0 N–H and O–H groups in total. The van der Waals surface area contributed by atoms with E-state index in [-0.39, 0.29) is 0 Å². The number of rotatable bonds is 4. The third-order valence-corrected chi connectivity index (χ3v) is 5.76. The Hall–Kier alpha value is -3.61. The summed E-state index contributed by atoms with van der Waals surface area (Å²) < 4.78 is 0. The zero-order valence-electron chi connectivity index (χ0n) is 17.0. The molecule has 1 heteroatoms. The topological polar surface area (TPSA) is 0 Å². The van der Waals surface area contributed by atoms with E-state index >= 15 is 0 Å². The molecule has 148 valence electrons. The summed E-state index contributed by atoms with van der Waals surface area (Å²) in [4.78, 5) is 0. The molecule has 0 amide bonds. The van der Waals surface area contributed by atoms with Crippen LogP contribution in [0.15, 0.2) is 127 Å². The van der Waals surface area contributed by atoms with E-state index in [1.165, 1.54) is 33.4 Å². The normalized spacial score (nSPS) is 10.7. The average Bonchev–Trinajstić information content (AvgIpc) is 2.85. The second-order valence-electron chi connectivity index (χ2n) is 7.59. The summed E-state index contributed by atoms with van der Waals surface area (Å²) >= 11 is 6.41. The van der Waals surface area contributed by atoms with E-state index in [2.05, 4.69) is 115 Å². The highest BCUT2D eigenvalue weighted by atomic mass is 35.5. The van der Waals surface area contributed by atoms with Gasteiger partial charge < -0.3 is 0 Å². The molecule has 0 fully saturated rings. The van der Waals surface area contributed by atoms with Gasteiger partial charge in [-0.25, -0.2) is 0 Å². The maximum atomic E-state index is 6.41. The molecule has 0 aromatic heterocycles. The number of benzene rings is 5. The van der Waals surface area contributed by atoms with Gasteiger partial charge in [0.1, 0.15) is 0 Å². The van der Waals surface area contributed by atoms with Crippen LogP contribution in [0.2, 0.25) is 5.02 Å². The Morgan fingerprint density at radius 1 is 0.323 bits per heavy atom. The van der Waals surface area contributed by atoms with E-state index in [4.69, 9.17) is 11.6 Å². The predicted octanol–water partition coefficient (Wildman–Crippen LogP) is 9.01. The van der Waals surface area contributed by atoms with Gasteiger partial charge in [0, 0.05) is 5.02 Å². The van der Waals surface area contributed by atoms with Gasteiger partial charge in [-0.1, -0.05) is 109 Å². The Balaban J connectivity index is 1.75. The fourth-order valence-corrected chi connectivity index (χ4v) is 4.17. The third kappa shape index (κ3) is 4.17. The van der Waals surface area contributed by atoms with E-state index in [0.29, 0.717) is 0 Å². The SMILES string of the molecule is Clc1ccc(-c2cc(-c3ccccc3)cc(-c3ccccc3)c2)c(-c2ccccc2)c1. The molecule has 0 bridgehead atoms. The van der Waals surface area contributed by atoms with Crippen molar-refractivity contribution in [3.63, 3.8) is 0 Å². The van der Waals surface area contributed by atoms with Crippen LogP contribution >= 0.6 is 11.6 Å². The molecule has 0 heterocycles. The van der Waals surface area contributed by atoms with Gasteiger partial charge in [0.15, 0.2) is 0 Å². The fourth-order valence-electron chi connectivity index (χ4n) is 4.00. The molecule has 0 aliphatic carbocycles. The summed E-state index contributed by atoms with van der Waals surface area (Å²) in [5, 5.41) is 0.741. The average molecular weight is 417 g/mol. The Labute approximate surface area is 188 Å². The van der Waals surface area contributed by atoms with Crippen molar-refractivity contribution in [1.29, 1.82) is 0 Å². The standard InChI is InChI=1S/C30H21Cl/c31-28-16-17-29(30(21-28)24-14-8-3-9-15-24)27-19-25(22-10-4-1-5-11-22)18-26(20-27)23-12-6-2-7-13-23/h1-21H. The Morgan fingerprint density at radius 2 is 0.774 bits per heavy atom. The first-order valence-electron chi connectivity index (χ1n) is 10.4. The van der Waals surface area contributed by atoms with Crippen LogP contribution in [0, 0.1) is 0 Å². The van der Waals surface area contributed by atoms with Gasteiger partial charge in [-0.2, -0.15) is 0 Å². The first-order chi connectivity index (χ1) is 15.3. The molecular formula is C30H21Cl. The smallest absolute Gasteiger partial charge is 0.0412 e. The second kappa shape index (κ2) is 8.63. The Bertz CT molecular complexity index is 1250. The lowest BCUT2D eigenvalue weighted by molar-refractivity contribution is 1.55. The molecule has 0 atom stereocenters. The summed E-state index contributed by atoms with van der Waals surface area (Å²) in [5.74, 6) is 0. The Kier molecular flexibility index (Phi) is 5.39. The maximum Gasteiger partial charge on any atom is 0.0412 e. The quantitative estimate of drug-likeness (QED) is 0.274. The minimum atomic E-state index is 0.741. The van der Waals surface area contributed by atoms with Crippen molar-refractivity contribution in [1.82, 2.24) is 0 Å². The lowest BCUT2D eigenvalue weighted by Gasteiger charge is -2.15. The lowest BCUT2D eigenvalue weighted by atomic mass is 9.90. The molecule has 0 radical (unpaired) electrons. The summed E-state index contributed by atoms with van der Waals surface area (Å²) in [6.45, 7) is 0. The van der Waals surface area contributed by atoms with Crippen LogP contribution in [0.4, 0.5) is 0 Å². The van der Waals surface area contributed by atoms with E-state index in [9.17, 15) is 0 Å². The van der Waals surface area contributed by atoms with E-state index in [1.807, 2.05) is 12.1 Å². The van der Waals surface area contributed by atoms with Gasteiger partial charge in [-0.05, 0) is 74.8 Å². The van der Waals surface area contributed by atoms with Crippen molar-refractivity contribution in [3.05, 3.63) is 132 Å². The molecule has 5 aromatic carbocycles. The molecule has 0 aliphatic heterocycles. The van der Waals surface area contributed by atoms with Crippen LogP contribution in [0.5, 0.6) is 0 Å². The third-order valence-electron chi connectivity index (χ3n) is 5.52. The highest BCUT2D eigenvalue weighted by Gasteiger charge is 2.12. The van der Waals surface area contributed by atoms with Gasteiger partial charge in [-0.3, -0.25) is 0 Å². The largest absolute Gasteiger partial charge is 0.0843 e. The molecule has 5 rings (SSSR count). The van der Waals surface area contributed by atoms with Crippen LogP contribution in [-0.2, 0) is 0 Å². The van der Waals surface area contributed by atoms with Crippen molar-refractivity contribution in [2.75, 3.05) is 0 Å². The first kappa shape index (κ1) is 19.4. The summed E-state index contributed by atoms with van der Waals surface area (Å²) in [7, 11) is 0. The van der Waals surface area contributed by atoms with Crippen molar-refractivity contribution >= 4 is 11.6 Å². The number of halogens is 1. The van der Waals surface area contributed by atoms with Gasteiger partial charge in [0.2, 0.25) is 0 Å². The number of hydrogen-bond acceptors (Lipinski definition) is 0. The highest BCUT2D eigenvalue weighted by molar-refractivity contribution is 6.31. The predicted molar refractivity (Wildman–Crippen MR) is 133 cm³/mol. The van der Waals surface area contributed by atoms with E-state index in [0.717, 1.165) is 16.1 Å². The monoisotopic (exact) mass is 416 g/mol. The molecule has 0 saturated heterocycles. The summed E-state index contributed by atoms with van der Waals surface area (Å²) in [6, 6.07) is 44.5. The minimum absolute atomic E-state index is 0.741. The van der Waals surface area contributed by atoms with Gasteiger partial charge in [0.05, 0.1) is 0 Å². The van der Waals surface area contributed by atoms with Gasteiger partial charge in [-0.15, -0.1) is 0 Å². The van der Waals surface area contributed by atoms with E-state index < -0.39 is 0 Å². The molecule has 0 nitrogen and oxygen atoms in total. The van der Waals surface area contributed by atoms with Crippen LogP contribution < -0.4 is 0 Å². The number of hydrogen-bond donors (Lipinski definition) is 0. The lowest BCUT2D eigenvalue weighted by Crippen LogP contribution is -1.89. The molecule has 0 spiro atoms. The van der Waals surface area contributed by atoms with Gasteiger partial charge >= 0.3 is 0 Å². The van der Waals surface area contributed by atoms with Crippen molar-refractivity contribution in [2.45, 2.75) is 0 Å². The fraction of sp³-hybridized carbons (Fsp3) is 0.